The van der Waals surface area contributed by atoms with Gasteiger partial charge < -0.3 is 5.32 Å². The molecule has 0 fully saturated rings. The van der Waals surface area contributed by atoms with Crippen LogP contribution in [0.3, 0.4) is 0 Å². The lowest BCUT2D eigenvalue weighted by Gasteiger charge is -1.98. The molecule has 0 aliphatic rings. The molecular weight excluding hydrogens is 218 g/mol. The third kappa shape index (κ3) is 3.30. The Morgan fingerprint density at radius 2 is 1.88 bits per heavy atom. The molecular formula is C11H21N5O. The lowest BCUT2D eigenvalue weighted by atomic mass is 10.4. The van der Waals surface area contributed by atoms with Crippen LogP contribution in [0.25, 0.3) is 5.65 Å². The van der Waals surface area contributed by atoms with Crippen LogP contribution in [-0.4, -0.2) is 26.6 Å². The van der Waals surface area contributed by atoms with E-state index in [4.69, 9.17) is 0 Å². The van der Waals surface area contributed by atoms with Crippen molar-refractivity contribution in [2.45, 2.75) is 34.6 Å². The lowest BCUT2D eigenvalue weighted by molar-refractivity contribution is 0.843. The molecule has 2 aromatic heterocycles. The lowest BCUT2D eigenvalue weighted by Crippen LogP contribution is -2.20. The summed E-state index contributed by atoms with van der Waals surface area (Å²) in [4.78, 5) is 18.0. The smallest absolute Gasteiger partial charge is 0.350 e. The van der Waals surface area contributed by atoms with Crippen molar-refractivity contribution in [2.24, 2.45) is 0 Å². The molecule has 2 rings (SSSR count). The van der Waals surface area contributed by atoms with E-state index in [0.717, 1.165) is 5.56 Å². The fourth-order valence-electron chi connectivity index (χ4n) is 1.11. The van der Waals surface area contributed by atoms with E-state index in [1.807, 2.05) is 34.6 Å². The number of nitrogens with one attached hydrogen (secondary N) is 2. The number of H-pyrrole nitrogens is 1. The van der Waals surface area contributed by atoms with E-state index in [1.165, 1.54) is 4.52 Å². The van der Waals surface area contributed by atoms with Gasteiger partial charge in [0.15, 0.2) is 5.65 Å². The number of hydrogen-bond donors (Lipinski definition) is 2. The molecule has 17 heavy (non-hydrogen) atoms. The first kappa shape index (κ1) is 15.2. The Kier molecular flexibility index (Phi) is 6.62. The quantitative estimate of drug-likeness (QED) is 0.796. The summed E-state index contributed by atoms with van der Waals surface area (Å²) in [5.74, 6) is 0.445. The number of rotatable bonds is 1. The molecule has 6 nitrogen and oxygen atoms in total. The second kappa shape index (κ2) is 7.43. The van der Waals surface area contributed by atoms with Gasteiger partial charge >= 0.3 is 5.69 Å². The van der Waals surface area contributed by atoms with Gasteiger partial charge in [0, 0.05) is 12.6 Å². The van der Waals surface area contributed by atoms with Crippen LogP contribution in [0, 0.1) is 6.92 Å². The first-order valence-corrected chi connectivity index (χ1v) is 5.85. The van der Waals surface area contributed by atoms with Gasteiger partial charge in [-0.25, -0.2) is 4.79 Å². The summed E-state index contributed by atoms with van der Waals surface area (Å²) in [6.45, 7) is 9.86. The predicted octanol–water partition coefficient (Wildman–Crippen LogP) is 1.82. The molecule has 0 aliphatic heterocycles. The van der Waals surface area contributed by atoms with Gasteiger partial charge in [-0.15, -0.1) is 0 Å². The summed E-state index contributed by atoms with van der Waals surface area (Å²) in [6, 6.07) is 0. The summed E-state index contributed by atoms with van der Waals surface area (Å²) in [5, 5.41) is 6.64. The average Bonchev–Trinajstić information content (AvgIpc) is 2.77. The Hall–Kier alpha value is -1.85. The van der Waals surface area contributed by atoms with Crippen LogP contribution in [0.1, 0.15) is 33.3 Å². The van der Waals surface area contributed by atoms with Crippen molar-refractivity contribution in [3.05, 3.63) is 22.2 Å². The van der Waals surface area contributed by atoms with Gasteiger partial charge in [0.05, 0.1) is 6.20 Å². The maximum absolute atomic E-state index is 11.3. The molecule has 6 heteroatoms. The summed E-state index contributed by atoms with van der Waals surface area (Å²) in [6.07, 6.45) is 1.61. The molecule has 0 unspecified atom stereocenters. The number of fused-ring (bicyclic) bond motifs is 1. The van der Waals surface area contributed by atoms with Gasteiger partial charge in [-0.1, -0.05) is 27.7 Å². The summed E-state index contributed by atoms with van der Waals surface area (Å²) < 4.78 is 1.23. The van der Waals surface area contributed by atoms with E-state index in [-0.39, 0.29) is 5.69 Å². The van der Waals surface area contributed by atoms with E-state index < -0.39 is 0 Å². The van der Waals surface area contributed by atoms with E-state index in [2.05, 4.69) is 20.4 Å². The van der Waals surface area contributed by atoms with Crippen molar-refractivity contribution in [3.63, 3.8) is 0 Å². The monoisotopic (exact) mass is 239 g/mol. The molecule has 96 valence electrons. The third-order valence-electron chi connectivity index (χ3n) is 1.79. The Balaban J connectivity index is 0.000000581. The van der Waals surface area contributed by atoms with Gasteiger partial charge in [-0.2, -0.15) is 14.6 Å². The Morgan fingerprint density at radius 1 is 1.29 bits per heavy atom. The van der Waals surface area contributed by atoms with Crippen LogP contribution in [0.4, 0.5) is 5.95 Å². The number of hydrogen-bond acceptors (Lipinski definition) is 4. The fraction of sp³-hybridized carbons (Fsp3) is 0.545. The van der Waals surface area contributed by atoms with Crippen molar-refractivity contribution in [2.75, 3.05) is 12.4 Å². The van der Waals surface area contributed by atoms with Crippen LogP contribution in [-0.2, 0) is 0 Å². The van der Waals surface area contributed by atoms with E-state index in [9.17, 15) is 4.79 Å². The van der Waals surface area contributed by atoms with Crippen LogP contribution in [0.2, 0.25) is 0 Å². The van der Waals surface area contributed by atoms with Crippen LogP contribution >= 0.6 is 0 Å². The van der Waals surface area contributed by atoms with E-state index in [0.29, 0.717) is 11.6 Å². The van der Waals surface area contributed by atoms with Crippen molar-refractivity contribution in [3.8, 4) is 0 Å². The molecule has 0 saturated heterocycles. The van der Waals surface area contributed by atoms with Crippen LogP contribution in [0.5, 0.6) is 0 Å². The standard InChI is InChI=1S/C7H9N5O.2C2H6/c1-4-3-9-12-5(4)10-6(8-2)11-7(12)13;2*1-2/h3H,1-2H3,(H2,8,10,11,13);2*1-2H3. The summed E-state index contributed by atoms with van der Waals surface area (Å²) in [7, 11) is 1.69. The Bertz CT molecular complexity index is 500. The van der Waals surface area contributed by atoms with Gasteiger partial charge in [0.2, 0.25) is 5.95 Å². The molecule has 0 saturated carbocycles. The highest BCUT2D eigenvalue weighted by Crippen LogP contribution is 2.04. The topological polar surface area (TPSA) is 75.1 Å². The molecule has 0 aromatic carbocycles. The first-order valence-electron chi connectivity index (χ1n) is 5.85. The zero-order valence-corrected chi connectivity index (χ0v) is 11.3. The minimum atomic E-state index is -0.289. The van der Waals surface area contributed by atoms with Crippen LogP contribution < -0.4 is 11.0 Å². The minimum absolute atomic E-state index is 0.289. The predicted molar refractivity (Wildman–Crippen MR) is 70.6 cm³/mol. The molecule has 2 N–H and O–H groups in total. The Morgan fingerprint density at radius 3 is 2.41 bits per heavy atom. The summed E-state index contributed by atoms with van der Waals surface area (Å²) in [5.41, 5.74) is 1.16. The normalized spacial score (nSPS) is 8.82. The van der Waals surface area contributed by atoms with Gasteiger partial charge in [-0.05, 0) is 6.92 Å². The van der Waals surface area contributed by atoms with Gasteiger partial charge in [-0.3, -0.25) is 4.98 Å². The first-order chi connectivity index (χ1) is 8.22. The zero-order chi connectivity index (χ0) is 13.4. The van der Waals surface area contributed by atoms with E-state index >= 15 is 0 Å². The highest BCUT2D eigenvalue weighted by Gasteiger charge is 2.05. The number of aromatic amines is 1. The summed E-state index contributed by atoms with van der Waals surface area (Å²) >= 11 is 0. The van der Waals surface area contributed by atoms with Crippen molar-refractivity contribution >= 4 is 11.6 Å². The Labute approximate surface area is 101 Å². The SMILES string of the molecule is CC.CC.CNc1nc2c(C)cnn2c(=O)[nH]1. The zero-order valence-electron chi connectivity index (χ0n) is 11.3. The second-order valence-electron chi connectivity index (χ2n) is 2.70. The minimum Gasteiger partial charge on any atom is -0.359 e. The second-order valence-corrected chi connectivity index (χ2v) is 2.70. The molecule has 2 aromatic rings. The highest BCUT2D eigenvalue weighted by molar-refractivity contribution is 5.47. The van der Waals surface area contributed by atoms with E-state index in [1.54, 1.807) is 13.2 Å². The maximum Gasteiger partial charge on any atom is 0.350 e. The van der Waals surface area contributed by atoms with Crippen molar-refractivity contribution < 1.29 is 0 Å². The number of aromatic nitrogens is 4. The fourth-order valence-corrected chi connectivity index (χ4v) is 1.11. The maximum atomic E-state index is 11.3. The van der Waals surface area contributed by atoms with Crippen molar-refractivity contribution in [1.29, 1.82) is 0 Å². The molecule has 0 atom stereocenters. The molecule has 0 radical (unpaired) electrons. The molecule has 0 amide bonds. The number of aryl methyl sites for hydroxylation is 1. The molecule has 0 spiro atoms. The largest absolute Gasteiger partial charge is 0.359 e. The van der Waals surface area contributed by atoms with Crippen molar-refractivity contribution in [1.82, 2.24) is 19.6 Å². The van der Waals surface area contributed by atoms with Crippen LogP contribution in [0.15, 0.2) is 11.0 Å². The highest BCUT2D eigenvalue weighted by atomic mass is 16.1. The average molecular weight is 239 g/mol. The van der Waals surface area contributed by atoms with Gasteiger partial charge in [0.1, 0.15) is 0 Å². The number of nitrogens with zero attached hydrogens (tertiary/aromatic N) is 3. The van der Waals surface area contributed by atoms with Gasteiger partial charge in [0.25, 0.3) is 0 Å². The number of anilines is 1. The third-order valence-corrected chi connectivity index (χ3v) is 1.79. The molecule has 0 bridgehead atoms. The molecule has 0 aliphatic carbocycles. The molecule has 2 heterocycles.